The first-order valence-corrected chi connectivity index (χ1v) is 12.4. The molecule has 5 heterocycles. The Bertz CT molecular complexity index is 1150. The van der Waals surface area contributed by atoms with Gasteiger partial charge in [0.2, 0.25) is 5.91 Å². The van der Waals surface area contributed by atoms with Crippen molar-refractivity contribution >= 4 is 17.4 Å². The summed E-state index contributed by atoms with van der Waals surface area (Å²) in [5.41, 5.74) is 1.96. The van der Waals surface area contributed by atoms with Crippen LogP contribution in [0.25, 0.3) is 0 Å². The molecule has 0 saturated carbocycles. The highest BCUT2D eigenvalue weighted by Crippen LogP contribution is 2.35. The van der Waals surface area contributed by atoms with E-state index >= 15 is 0 Å². The molecule has 10 nitrogen and oxygen atoms in total. The highest BCUT2D eigenvalue weighted by molar-refractivity contribution is 5.77. The van der Waals surface area contributed by atoms with Crippen LogP contribution in [0.4, 0.5) is 11.5 Å². The van der Waals surface area contributed by atoms with Gasteiger partial charge in [0.25, 0.3) is 5.56 Å². The largest absolute Gasteiger partial charge is 0.372 e. The summed E-state index contributed by atoms with van der Waals surface area (Å²) >= 11 is 0. The number of hydrogen-bond donors (Lipinski definition) is 1. The van der Waals surface area contributed by atoms with Crippen LogP contribution in [-0.4, -0.2) is 77.0 Å². The molecule has 1 N–H and O–H groups in total. The first-order valence-electron chi connectivity index (χ1n) is 12.4. The van der Waals surface area contributed by atoms with Crippen molar-refractivity contribution in [2.75, 3.05) is 42.5 Å². The zero-order valence-electron chi connectivity index (χ0n) is 20.0. The Morgan fingerprint density at radius 2 is 2.00 bits per heavy atom. The maximum Gasteiger partial charge on any atom is 0.269 e. The van der Waals surface area contributed by atoms with Gasteiger partial charge in [-0.3, -0.25) is 9.59 Å². The van der Waals surface area contributed by atoms with Crippen LogP contribution >= 0.6 is 0 Å². The third kappa shape index (κ3) is 4.86. The third-order valence-corrected chi connectivity index (χ3v) is 7.49. The minimum Gasteiger partial charge on any atom is -0.372 e. The van der Waals surface area contributed by atoms with E-state index in [1.54, 1.807) is 18.5 Å². The molecule has 1 amide bonds. The van der Waals surface area contributed by atoms with Gasteiger partial charge in [-0.05, 0) is 44.7 Å². The molecule has 35 heavy (non-hydrogen) atoms. The number of nitrogens with zero attached hydrogens (tertiary/aromatic N) is 6. The summed E-state index contributed by atoms with van der Waals surface area (Å²) in [6.45, 7) is 5.47. The molecule has 3 atom stereocenters. The lowest BCUT2D eigenvalue weighted by Crippen LogP contribution is -2.49. The fraction of sp³-hybridized carbons (Fsp3) is 0.560. The van der Waals surface area contributed by atoms with Gasteiger partial charge < -0.3 is 19.4 Å². The summed E-state index contributed by atoms with van der Waals surface area (Å²) in [7, 11) is 0. The number of nitrogens with one attached hydrogen (secondary N) is 1. The Morgan fingerprint density at radius 3 is 2.74 bits per heavy atom. The Hall–Kier alpha value is -3.45. The van der Waals surface area contributed by atoms with Gasteiger partial charge in [-0.25, -0.2) is 10.1 Å². The zero-order chi connectivity index (χ0) is 24.4. The standard InChI is InChI=1S/C25H31N7O3/c1-17-21(16-28-29-25(17)34)32-8-2-3-20(32)22-6-5-19(35-22)13-24(33)31-11-9-30(10-12-31)23-7-4-18(14-26)15-27-23/h4,7,15-16,19-20,22H,2-3,5-6,8-13H2,1H3,(H,29,34)/t19-,20+,22+/m1/s1. The van der Waals surface area contributed by atoms with Crippen LogP contribution in [0.5, 0.6) is 0 Å². The number of pyridine rings is 1. The lowest BCUT2D eigenvalue weighted by Gasteiger charge is -2.36. The van der Waals surface area contributed by atoms with E-state index in [4.69, 9.17) is 10.00 Å². The molecule has 10 heteroatoms. The van der Waals surface area contributed by atoms with Crippen LogP contribution < -0.4 is 15.4 Å². The van der Waals surface area contributed by atoms with Gasteiger partial charge in [0.05, 0.1) is 42.1 Å². The Labute approximate surface area is 204 Å². The average Bonchev–Trinajstić information content (AvgIpc) is 3.55. The number of ether oxygens (including phenoxy) is 1. The molecule has 0 bridgehead atoms. The van der Waals surface area contributed by atoms with E-state index in [1.807, 2.05) is 17.9 Å². The molecule has 3 saturated heterocycles. The van der Waals surface area contributed by atoms with E-state index in [1.165, 1.54) is 0 Å². The van der Waals surface area contributed by atoms with Crippen molar-refractivity contribution in [1.82, 2.24) is 20.1 Å². The molecule has 3 fully saturated rings. The number of H-pyrrole nitrogens is 1. The fourth-order valence-corrected chi connectivity index (χ4v) is 5.53. The van der Waals surface area contributed by atoms with Gasteiger partial charge >= 0.3 is 0 Å². The topological polar surface area (TPSA) is 118 Å². The molecule has 2 aromatic rings. The second-order valence-corrected chi connectivity index (χ2v) is 9.58. The Morgan fingerprint density at radius 1 is 1.17 bits per heavy atom. The molecule has 3 aliphatic heterocycles. The number of carbonyl (C=O) groups excluding carboxylic acids is 1. The van der Waals surface area contributed by atoms with Gasteiger partial charge in [-0.1, -0.05) is 0 Å². The van der Waals surface area contributed by atoms with Crippen LogP contribution in [0, 0.1) is 18.3 Å². The van der Waals surface area contributed by atoms with Crippen molar-refractivity contribution in [3.63, 3.8) is 0 Å². The van der Waals surface area contributed by atoms with Crippen molar-refractivity contribution in [2.24, 2.45) is 0 Å². The minimum absolute atomic E-state index is 0.0632. The Kier molecular flexibility index (Phi) is 6.68. The van der Waals surface area contributed by atoms with Gasteiger partial charge in [0.1, 0.15) is 11.9 Å². The fourth-order valence-electron chi connectivity index (χ4n) is 5.53. The predicted molar refractivity (Wildman–Crippen MR) is 130 cm³/mol. The summed E-state index contributed by atoms with van der Waals surface area (Å²) in [4.78, 5) is 35.7. The SMILES string of the molecule is Cc1c(N2CCC[C@H]2[C@@H]2CC[C@H](CC(=O)N3CCN(c4ccc(C#N)cn4)CC3)O2)cn[nH]c1=O. The van der Waals surface area contributed by atoms with E-state index in [9.17, 15) is 9.59 Å². The van der Waals surface area contributed by atoms with Crippen LogP contribution in [-0.2, 0) is 9.53 Å². The van der Waals surface area contributed by atoms with Crippen LogP contribution in [0.3, 0.4) is 0 Å². The molecule has 2 aromatic heterocycles. The second kappa shape index (κ2) is 10.0. The first-order chi connectivity index (χ1) is 17.0. The van der Waals surface area contributed by atoms with Crippen molar-refractivity contribution in [1.29, 1.82) is 5.26 Å². The molecular weight excluding hydrogens is 446 g/mol. The predicted octanol–water partition coefficient (Wildman–Crippen LogP) is 1.60. The molecular formula is C25H31N7O3. The molecule has 184 valence electrons. The van der Waals surface area contributed by atoms with Gasteiger partial charge in [0, 0.05) is 44.5 Å². The monoisotopic (exact) mass is 477 g/mol. The van der Waals surface area contributed by atoms with Crippen molar-refractivity contribution in [2.45, 2.75) is 57.3 Å². The van der Waals surface area contributed by atoms with Crippen molar-refractivity contribution in [3.8, 4) is 6.07 Å². The van der Waals surface area contributed by atoms with Gasteiger partial charge in [-0.2, -0.15) is 10.4 Å². The van der Waals surface area contributed by atoms with Crippen molar-refractivity contribution < 1.29 is 9.53 Å². The molecule has 0 aromatic carbocycles. The smallest absolute Gasteiger partial charge is 0.269 e. The Balaban J connectivity index is 1.13. The van der Waals surface area contributed by atoms with Gasteiger partial charge in [-0.15, -0.1) is 0 Å². The average molecular weight is 478 g/mol. The highest BCUT2D eigenvalue weighted by atomic mass is 16.5. The molecule has 0 radical (unpaired) electrons. The normalized spacial score (nSPS) is 24.6. The third-order valence-electron chi connectivity index (χ3n) is 7.49. The highest BCUT2D eigenvalue weighted by Gasteiger charge is 2.39. The van der Waals surface area contributed by atoms with Crippen molar-refractivity contribution in [3.05, 3.63) is 46.0 Å². The number of aromatic nitrogens is 3. The molecule has 0 unspecified atom stereocenters. The van der Waals surface area contributed by atoms with Crippen LogP contribution in [0.2, 0.25) is 0 Å². The lowest BCUT2D eigenvalue weighted by molar-refractivity contribution is -0.134. The summed E-state index contributed by atoms with van der Waals surface area (Å²) in [5, 5.41) is 15.4. The molecule has 3 aliphatic rings. The van der Waals surface area contributed by atoms with E-state index in [-0.39, 0.29) is 29.7 Å². The number of rotatable bonds is 5. The lowest BCUT2D eigenvalue weighted by atomic mass is 10.0. The summed E-state index contributed by atoms with van der Waals surface area (Å²) in [5.74, 6) is 0.978. The minimum atomic E-state index is -0.154. The first kappa shape index (κ1) is 23.3. The zero-order valence-corrected chi connectivity index (χ0v) is 20.0. The quantitative estimate of drug-likeness (QED) is 0.690. The van der Waals surface area contributed by atoms with Gasteiger partial charge in [0.15, 0.2) is 0 Å². The molecule has 5 rings (SSSR count). The summed E-state index contributed by atoms with van der Waals surface area (Å²) < 4.78 is 6.40. The maximum atomic E-state index is 13.0. The number of amides is 1. The van der Waals surface area contributed by atoms with Crippen LogP contribution in [0.15, 0.2) is 29.3 Å². The van der Waals surface area contributed by atoms with E-state index < -0.39 is 0 Å². The van der Waals surface area contributed by atoms with E-state index in [0.29, 0.717) is 30.6 Å². The maximum absolute atomic E-state index is 13.0. The number of hydrogen-bond acceptors (Lipinski definition) is 8. The number of aromatic amines is 1. The summed E-state index contributed by atoms with van der Waals surface area (Å²) in [6.07, 6.45) is 7.60. The van der Waals surface area contributed by atoms with Crippen LogP contribution in [0.1, 0.15) is 43.2 Å². The number of anilines is 2. The van der Waals surface area contributed by atoms with E-state index in [0.717, 1.165) is 56.8 Å². The number of nitriles is 1. The molecule has 0 spiro atoms. The summed E-state index contributed by atoms with van der Waals surface area (Å²) in [6, 6.07) is 5.92. The number of piperazine rings is 1. The second-order valence-electron chi connectivity index (χ2n) is 9.58. The van der Waals surface area contributed by atoms with E-state index in [2.05, 4.69) is 31.1 Å². The number of carbonyl (C=O) groups is 1. The molecule has 0 aliphatic carbocycles.